The Hall–Kier alpha value is -1.26. The van der Waals surface area contributed by atoms with Gasteiger partial charge in [0, 0.05) is 22.7 Å². The van der Waals surface area contributed by atoms with Crippen LogP contribution in [0.15, 0.2) is 18.2 Å². The lowest BCUT2D eigenvalue weighted by Gasteiger charge is -2.18. The first-order valence-corrected chi connectivity index (χ1v) is 7.76. The maximum Gasteiger partial charge on any atom is 0.223 e. The zero-order chi connectivity index (χ0) is 15.8. The molecule has 0 heterocycles. The summed E-state index contributed by atoms with van der Waals surface area (Å²) < 4.78 is 5.75. The minimum Gasteiger partial charge on any atom is -0.493 e. The highest BCUT2D eigenvalue weighted by atomic mass is 35.5. The van der Waals surface area contributed by atoms with Crippen LogP contribution >= 0.6 is 11.6 Å². The van der Waals surface area contributed by atoms with E-state index in [1.807, 2.05) is 26.0 Å². The van der Waals surface area contributed by atoms with Gasteiger partial charge in [0.05, 0.1) is 13.0 Å². The molecule has 0 saturated heterocycles. The summed E-state index contributed by atoms with van der Waals surface area (Å²) in [6, 6.07) is 5.85. The maximum absolute atomic E-state index is 11.6. The summed E-state index contributed by atoms with van der Waals surface area (Å²) in [5, 5.41) is 6.86. The van der Waals surface area contributed by atoms with Gasteiger partial charge in [-0.1, -0.05) is 18.5 Å². The van der Waals surface area contributed by atoms with Gasteiger partial charge in [0.15, 0.2) is 0 Å². The lowest BCUT2D eigenvalue weighted by molar-refractivity contribution is -0.122. The molecule has 0 bridgehead atoms. The molecule has 21 heavy (non-hydrogen) atoms. The van der Waals surface area contributed by atoms with Gasteiger partial charge in [-0.2, -0.15) is 0 Å². The number of ether oxygens (including phenoxy) is 1. The summed E-state index contributed by atoms with van der Waals surface area (Å²) in [5.41, 5.74) is 1.01. The highest BCUT2D eigenvalue weighted by molar-refractivity contribution is 6.30. The summed E-state index contributed by atoms with van der Waals surface area (Å²) in [6.45, 7) is 9.21. The number of hydrogen-bond donors (Lipinski definition) is 2. The molecule has 0 aliphatic heterocycles. The van der Waals surface area contributed by atoms with Crippen LogP contribution in [0.3, 0.4) is 0 Å². The van der Waals surface area contributed by atoms with Crippen LogP contribution in [0.4, 0.5) is 0 Å². The van der Waals surface area contributed by atoms with Gasteiger partial charge < -0.3 is 15.4 Å². The molecule has 0 aliphatic carbocycles. The summed E-state index contributed by atoms with van der Waals surface area (Å²) >= 11 is 6.06. The number of rotatable bonds is 8. The van der Waals surface area contributed by atoms with Gasteiger partial charge in [-0.25, -0.2) is 0 Å². The Morgan fingerprint density at radius 2 is 2.05 bits per heavy atom. The van der Waals surface area contributed by atoms with Gasteiger partial charge in [-0.05, 0) is 45.5 Å². The van der Waals surface area contributed by atoms with Crippen molar-refractivity contribution in [3.8, 4) is 5.75 Å². The van der Waals surface area contributed by atoms with E-state index in [-0.39, 0.29) is 18.0 Å². The smallest absolute Gasteiger partial charge is 0.223 e. The predicted molar refractivity (Wildman–Crippen MR) is 86.9 cm³/mol. The number of hydrogen-bond acceptors (Lipinski definition) is 3. The second-order valence-corrected chi connectivity index (χ2v) is 5.72. The molecule has 1 rings (SSSR count). The van der Waals surface area contributed by atoms with Crippen LogP contribution in [-0.4, -0.2) is 25.1 Å². The van der Waals surface area contributed by atoms with Crippen molar-refractivity contribution in [2.45, 2.75) is 46.2 Å². The Bertz CT molecular complexity index is 464. The third-order valence-electron chi connectivity index (χ3n) is 2.99. The maximum atomic E-state index is 11.6. The second kappa shape index (κ2) is 8.90. The first-order valence-electron chi connectivity index (χ1n) is 7.39. The summed E-state index contributed by atoms with van der Waals surface area (Å²) in [7, 11) is 0. The van der Waals surface area contributed by atoms with E-state index < -0.39 is 0 Å². The van der Waals surface area contributed by atoms with Crippen LogP contribution in [0, 0.1) is 0 Å². The van der Waals surface area contributed by atoms with Gasteiger partial charge in [0.2, 0.25) is 5.91 Å². The molecular weight excluding hydrogens is 288 g/mol. The van der Waals surface area contributed by atoms with Crippen molar-refractivity contribution in [1.82, 2.24) is 10.6 Å². The van der Waals surface area contributed by atoms with E-state index >= 15 is 0 Å². The number of benzene rings is 1. The van der Waals surface area contributed by atoms with Gasteiger partial charge in [-0.3, -0.25) is 4.79 Å². The fraction of sp³-hybridized carbons (Fsp3) is 0.562. The third kappa shape index (κ3) is 6.36. The Kier molecular flexibility index (Phi) is 7.54. The molecule has 2 N–H and O–H groups in total. The third-order valence-corrected chi connectivity index (χ3v) is 3.22. The van der Waals surface area contributed by atoms with Crippen LogP contribution in [0.1, 0.15) is 45.7 Å². The van der Waals surface area contributed by atoms with Crippen molar-refractivity contribution < 1.29 is 9.53 Å². The lowest BCUT2D eigenvalue weighted by Crippen LogP contribution is -2.31. The zero-order valence-corrected chi connectivity index (χ0v) is 14.0. The highest BCUT2D eigenvalue weighted by Crippen LogP contribution is 2.28. The molecule has 0 spiro atoms. The molecule has 1 aromatic carbocycles. The minimum atomic E-state index is 0.000227. The van der Waals surface area contributed by atoms with Crippen LogP contribution in [0.5, 0.6) is 5.75 Å². The molecule has 1 unspecified atom stereocenters. The average molecular weight is 313 g/mol. The van der Waals surface area contributed by atoms with Gasteiger partial charge >= 0.3 is 0 Å². The Labute approximate surface area is 132 Å². The molecule has 5 heteroatoms. The van der Waals surface area contributed by atoms with Gasteiger partial charge in [0.25, 0.3) is 0 Å². The van der Waals surface area contributed by atoms with E-state index in [0.717, 1.165) is 17.9 Å². The summed E-state index contributed by atoms with van der Waals surface area (Å²) in [4.78, 5) is 11.6. The van der Waals surface area contributed by atoms with Crippen LogP contribution < -0.4 is 15.4 Å². The van der Waals surface area contributed by atoms with E-state index in [4.69, 9.17) is 16.3 Å². The van der Waals surface area contributed by atoms with Crippen LogP contribution in [0.25, 0.3) is 0 Å². The minimum absolute atomic E-state index is 0.000227. The molecule has 0 fully saturated rings. The monoisotopic (exact) mass is 312 g/mol. The number of halogens is 1. The lowest BCUT2D eigenvalue weighted by atomic mass is 10.1. The predicted octanol–water partition coefficient (Wildman–Crippen LogP) is 3.30. The zero-order valence-electron chi connectivity index (χ0n) is 13.2. The summed E-state index contributed by atoms with van der Waals surface area (Å²) in [5.74, 6) is 0.769. The Balaban J connectivity index is 2.64. The van der Waals surface area contributed by atoms with Crippen molar-refractivity contribution in [1.29, 1.82) is 0 Å². The topological polar surface area (TPSA) is 50.4 Å². The van der Waals surface area contributed by atoms with Crippen LogP contribution in [-0.2, 0) is 4.79 Å². The molecule has 0 radical (unpaired) electrons. The SMILES string of the molecule is CCNC(C)c1cc(Cl)ccc1OCCC(=O)NC(C)C. The second-order valence-electron chi connectivity index (χ2n) is 5.28. The fourth-order valence-electron chi connectivity index (χ4n) is 2.05. The molecule has 0 aromatic heterocycles. The van der Waals surface area contributed by atoms with E-state index in [1.54, 1.807) is 6.07 Å². The molecule has 1 aromatic rings. The van der Waals surface area contributed by atoms with E-state index in [0.29, 0.717) is 18.1 Å². The summed E-state index contributed by atoms with van der Waals surface area (Å²) in [6.07, 6.45) is 0.343. The number of nitrogens with one attached hydrogen (secondary N) is 2. The Morgan fingerprint density at radius 3 is 2.67 bits per heavy atom. The van der Waals surface area contributed by atoms with Crippen molar-refractivity contribution in [3.63, 3.8) is 0 Å². The Morgan fingerprint density at radius 1 is 1.33 bits per heavy atom. The number of amides is 1. The van der Waals surface area contributed by atoms with E-state index in [2.05, 4.69) is 24.5 Å². The largest absolute Gasteiger partial charge is 0.493 e. The quantitative estimate of drug-likeness (QED) is 0.774. The molecule has 118 valence electrons. The highest BCUT2D eigenvalue weighted by Gasteiger charge is 2.12. The molecular formula is C16H25ClN2O2. The molecule has 4 nitrogen and oxygen atoms in total. The van der Waals surface area contributed by atoms with Gasteiger partial charge in [0.1, 0.15) is 5.75 Å². The van der Waals surface area contributed by atoms with E-state index in [9.17, 15) is 4.79 Å². The molecule has 0 saturated carbocycles. The van der Waals surface area contributed by atoms with E-state index in [1.165, 1.54) is 0 Å². The van der Waals surface area contributed by atoms with Crippen molar-refractivity contribution in [2.75, 3.05) is 13.2 Å². The van der Waals surface area contributed by atoms with Crippen molar-refractivity contribution >= 4 is 17.5 Å². The molecule has 1 amide bonds. The van der Waals surface area contributed by atoms with Gasteiger partial charge in [-0.15, -0.1) is 0 Å². The van der Waals surface area contributed by atoms with Crippen molar-refractivity contribution in [3.05, 3.63) is 28.8 Å². The number of carbonyl (C=O) groups excluding carboxylic acids is 1. The van der Waals surface area contributed by atoms with Crippen LogP contribution in [0.2, 0.25) is 5.02 Å². The first-order chi connectivity index (χ1) is 9.93. The number of carbonyl (C=O) groups is 1. The average Bonchev–Trinajstić information content (AvgIpc) is 2.39. The van der Waals surface area contributed by atoms with Crippen molar-refractivity contribution in [2.24, 2.45) is 0 Å². The molecule has 0 aliphatic rings. The fourth-order valence-corrected chi connectivity index (χ4v) is 2.23. The first kappa shape index (κ1) is 17.8. The normalized spacial score (nSPS) is 12.3. The standard InChI is InChI=1S/C16H25ClN2O2/c1-5-18-12(4)14-10-13(17)6-7-15(14)21-9-8-16(20)19-11(2)3/h6-7,10-12,18H,5,8-9H2,1-4H3,(H,19,20). The molecule has 1 atom stereocenters.